The number of rotatable bonds is 5. The number of carbonyl (C=O) groups excluding carboxylic acids is 1. The average molecular weight is 288 g/mol. The fourth-order valence-corrected chi connectivity index (χ4v) is 3.84. The van der Waals surface area contributed by atoms with E-state index in [1.807, 2.05) is 27.7 Å². The van der Waals surface area contributed by atoms with Gasteiger partial charge in [-0.3, -0.25) is 4.79 Å². The Balaban J connectivity index is 3.01. The van der Waals surface area contributed by atoms with Gasteiger partial charge in [0.2, 0.25) is 5.91 Å². The predicted molar refractivity (Wildman–Crippen MR) is 76.7 cm³/mol. The third-order valence-corrected chi connectivity index (χ3v) is 5.14. The van der Waals surface area contributed by atoms with Gasteiger partial charge in [0, 0.05) is 12.3 Å². The van der Waals surface area contributed by atoms with Crippen LogP contribution in [-0.4, -0.2) is 45.6 Å². The maximum atomic E-state index is 12.6. The maximum Gasteiger partial charge on any atom is 0.327 e. The first-order valence-electron chi connectivity index (χ1n) is 6.67. The molecule has 1 aliphatic heterocycles. The number of hydrogen-bond donors (Lipinski definition) is 2. The van der Waals surface area contributed by atoms with Gasteiger partial charge in [0.05, 0.1) is 11.3 Å². The number of nitrogens with two attached hydrogens (primary N) is 1. The lowest BCUT2D eigenvalue weighted by atomic mass is 9.93. The standard InChI is InChI=1S/C13H24N2O3S/c1-7(2)9(5-14)11(16)15-10(13(17)18)6-19-12(15)8(3)4/h7-10,12H,5-6,14H2,1-4H3,(H,17,18). The van der Waals surface area contributed by atoms with E-state index in [2.05, 4.69) is 0 Å². The molecule has 5 nitrogen and oxygen atoms in total. The zero-order chi connectivity index (χ0) is 14.7. The second kappa shape index (κ2) is 6.61. The van der Waals surface area contributed by atoms with Crippen molar-refractivity contribution < 1.29 is 14.7 Å². The van der Waals surface area contributed by atoms with Crippen LogP contribution >= 0.6 is 11.8 Å². The van der Waals surface area contributed by atoms with Gasteiger partial charge in [0.1, 0.15) is 6.04 Å². The second-order valence-electron chi connectivity index (χ2n) is 5.65. The van der Waals surface area contributed by atoms with Crippen molar-refractivity contribution in [2.24, 2.45) is 23.5 Å². The molecule has 0 aromatic rings. The average Bonchev–Trinajstić information content (AvgIpc) is 2.73. The molecule has 1 fully saturated rings. The van der Waals surface area contributed by atoms with Gasteiger partial charge in [-0.05, 0) is 11.8 Å². The first-order chi connectivity index (χ1) is 8.81. The lowest BCUT2D eigenvalue weighted by Crippen LogP contribution is -2.51. The lowest BCUT2D eigenvalue weighted by molar-refractivity contribution is -0.152. The molecule has 0 spiro atoms. The minimum absolute atomic E-state index is 0.0681. The molecule has 1 saturated heterocycles. The summed E-state index contributed by atoms with van der Waals surface area (Å²) in [5.41, 5.74) is 5.68. The minimum atomic E-state index is -0.927. The van der Waals surface area contributed by atoms with Crippen LogP contribution in [-0.2, 0) is 9.59 Å². The Kier molecular flexibility index (Phi) is 5.67. The summed E-state index contributed by atoms with van der Waals surface area (Å²) in [5, 5.41) is 9.22. The van der Waals surface area contributed by atoms with Crippen molar-refractivity contribution >= 4 is 23.6 Å². The molecule has 3 N–H and O–H groups in total. The van der Waals surface area contributed by atoms with Crippen LogP contribution in [0.3, 0.4) is 0 Å². The van der Waals surface area contributed by atoms with Crippen molar-refractivity contribution in [3.8, 4) is 0 Å². The summed E-state index contributed by atoms with van der Waals surface area (Å²) in [6, 6.07) is -0.724. The molecule has 0 bridgehead atoms. The molecular formula is C13H24N2O3S. The molecule has 1 heterocycles. The van der Waals surface area contributed by atoms with Crippen LogP contribution in [0.2, 0.25) is 0 Å². The molecule has 0 aliphatic carbocycles. The summed E-state index contributed by atoms with van der Waals surface area (Å²) in [6.07, 6.45) is 0. The summed E-state index contributed by atoms with van der Waals surface area (Å²) < 4.78 is 0. The van der Waals surface area contributed by atoms with E-state index in [9.17, 15) is 14.7 Å². The molecule has 1 aliphatic rings. The van der Waals surface area contributed by atoms with Gasteiger partial charge in [0.25, 0.3) is 0 Å². The molecule has 0 aromatic heterocycles. The monoisotopic (exact) mass is 288 g/mol. The van der Waals surface area contributed by atoms with E-state index in [0.717, 1.165) is 0 Å². The molecule has 1 rings (SSSR count). The zero-order valence-corrected chi connectivity index (χ0v) is 12.8. The van der Waals surface area contributed by atoms with E-state index >= 15 is 0 Å². The predicted octanol–water partition coefficient (Wildman–Crippen LogP) is 1.23. The molecule has 110 valence electrons. The van der Waals surface area contributed by atoms with E-state index in [0.29, 0.717) is 5.75 Å². The van der Waals surface area contributed by atoms with Crippen molar-refractivity contribution in [3.63, 3.8) is 0 Å². The molecule has 6 heteroatoms. The van der Waals surface area contributed by atoms with E-state index in [1.54, 1.807) is 16.7 Å². The fraction of sp³-hybridized carbons (Fsp3) is 0.846. The number of carbonyl (C=O) groups is 2. The summed E-state index contributed by atoms with van der Waals surface area (Å²) in [4.78, 5) is 25.5. The van der Waals surface area contributed by atoms with Crippen LogP contribution in [0.5, 0.6) is 0 Å². The Morgan fingerprint density at radius 3 is 2.32 bits per heavy atom. The molecule has 3 unspecified atom stereocenters. The number of aliphatic carboxylic acids is 1. The first-order valence-corrected chi connectivity index (χ1v) is 7.72. The van der Waals surface area contributed by atoms with E-state index < -0.39 is 12.0 Å². The number of nitrogens with zero attached hydrogens (tertiary/aromatic N) is 1. The lowest BCUT2D eigenvalue weighted by Gasteiger charge is -2.33. The van der Waals surface area contributed by atoms with Crippen LogP contribution in [0.25, 0.3) is 0 Å². The summed E-state index contributed by atoms with van der Waals surface area (Å²) in [7, 11) is 0. The van der Waals surface area contributed by atoms with Gasteiger partial charge in [-0.2, -0.15) is 0 Å². The highest BCUT2D eigenvalue weighted by Gasteiger charge is 2.44. The summed E-state index contributed by atoms with van der Waals surface area (Å²) in [5.74, 6) is -0.549. The van der Waals surface area contributed by atoms with Gasteiger partial charge < -0.3 is 15.7 Å². The number of amides is 1. The summed E-state index contributed by atoms with van der Waals surface area (Å²) in [6.45, 7) is 8.16. The molecule has 0 saturated carbocycles. The Hall–Kier alpha value is -0.750. The van der Waals surface area contributed by atoms with Crippen molar-refractivity contribution in [3.05, 3.63) is 0 Å². The fourth-order valence-electron chi connectivity index (χ4n) is 2.36. The Labute approximate surface area is 118 Å². The molecule has 3 atom stereocenters. The van der Waals surface area contributed by atoms with Gasteiger partial charge >= 0.3 is 5.97 Å². The van der Waals surface area contributed by atoms with Gasteiger partial charge in [-0.15, -0.1) is 11.8 Å². The van der Waals surface area contributed by atoms with Crippen molar-refractivity contribution in [1.82, 2.24) is 4.90 Å². The van der Waals surface area contributed by atoms with E-state index in [1.165, 1.54) is 0 Å². The molecular weight excluding hydrogens is 264 g/mol. The zero-order valence-electron chi connectivity index (χ0n) is 12.0. The third-order valence-electron chi connectivity index (χ3n) is 3.52. The smallest absolute Gasteiger partial charge is 0.327 e. The van der Waals surface area contributed by atoms with Crippen molar-refractivity contribution in [1.29, 1.82) is 0 Å². The Bertz CT molecular complexity index is 347. The van der Waals surface area contributed by atoms with Crippen LogP contribution in [0.15, 0.2) is 0 Å². The van der Waals surface area contributed by atoms with Gasteiger partial charge in [0.15, 0.2) is 0 Å². The summed E-state index contributed by atoms with van der Waals surface area (Å²) >= 11 is 1.55. The van der Waals surface area contributed by atoms with Crippen molar-refractivity contribution in [2.75, 3.05) is 12.3 Å². The quantitative estimate of drug-likeness (QED) is 0.795. The van der Waals surface area contributed by atoms with Gasteiger partial charge in [-0.25, -0.2) is 4.79 Å². The topological polar surface area (TPSA) is 83.6 Å². The molecule has 0 radical (unpaired) electrons. The van der Waals surface area contributed by atoms with Gasteiger partial charge in [-0.1, -0.05) is 27.7 Å². The second-order valence-corrected chi connectivity index (χ2v) is 6.80. The number of carboxylic acids is 1. The number of thioether (sulfide) groups is 1. The highest BCUT2D eigenvalue weighted by atomic mass is 32.2. The molecule has 19 heavy (non-hydrogen) atoms. The van der Waals surface area contributed by atoms with Crippen LogP contribution < -0.4 is 5.73 Å². The van der Waals surface area contributed by atoms with Crippen LogP contribution in [0.4, 0.5) is 0 Å². The molecule has 0 aromatic carbocycles. The Morgan fingerprint density at radius 2 is 1.95 bits per heavy atom. The molecule has 1 amide bonds. The van der Waals surface area contributed by atoms with Crippen LogP contribution in [0.1, 0.15) is 27.7 Å². The van der Waals surface area contributed by atoms with E-state index in [-0.39, 0.29) is 35.6 Å². The number of hydrogen-bond acceptors (Lipinski definition) is 4. The Morgan fingerprint density at radius 1 is 1.37 bits per heavy atom. The first kappa shape index (κ1) is 16.3. The number of carboxylic acid groups (broad SMARTS) is 1. The maximum absolute atomic E-state index is 12.6. The highest BCUT2D eigenvalue weighted by Crippen LogP contribution is 2.35. The highest BCUT2D eigenvalue weighted by molar-refractivity contribution is 8.00. The van der Waals surface area contributed by atoms with Crippen LogP contribution in [0, 0.1) is 17.8 Å². The largest absolute Gasteiger partial charge is 0.480 e. The minimum Gasteiger partial charge on any atom is -0.480 e. The third kappa shape index (κ3) is 3.42. The van der Waals surface area contributed by atoms with E-state index in [4.69, 9.17) is 5.73 Å². The SMILES string of the molecule is CC(C)C(CN)C(=O)N1C(C(=O)O)CSC1C(C)C. The normalized spacial score (nSPS) is 25.1. The van der Waals surface area contributed by atoms with Crippen molar-refractivity contribution in [2.45, 2.75) is 39.1 Å².